The number of aromatic nitrogens is 2. The fourth-order valence-corrected chi connectivity index (χ4v) is 2.90. The minimum absolute atomic E-state index is 0.249. The highest BCUT2D eigenvalue weighted by Gasteiger charge is 2.18. The van der Waals surface area contributed by atoms with Gasteiger partial charge in [-0.3, -0.25) is 15.6 Å². The highest BCUT2D eigenvalue weighted by molar-refractivity contribution is 6.00. The lowest BCUT2D eigenvalue weighted by molar-refractivity contribution is 0.0963. The van der Waals surface area contributed by atoms with Gasteiger partial charge in [0.1, 0.15) is 5.69 Å². The Labute approximate surface area is 163 Å². The Kier molecular flexibility index (Phi) is 4.89. The van der Waals surface area contributed by atoms with E-state index in [0.29, 0.717) is 11.3 Å². The zero-order valence-corrected chi connectivity index (χ0v) is 15.5. The third-order valence-electron chi connectivity index (χ3n) is 4.40. The monoisotopic (exact) mass is 368 g/mol. The van der Waals surface area contributed by atoms with Crippen molar-refractivity contribution in [2.24, 2.45) is 0 Å². The Hall–Kier alpha value is -3.86. The van der Waals surface area contributed by atoms with Crippen molar-refractivity contribution < 1.29 is 4.79 Å². The number of para-hydroxylation sites is 1. The van der Waals surface area contributed by atoms with Crippen LogP contribution >= 0.6 is 0 Å². The first-order valence-electron chi connectivity index (χ1n) is 9.04. The Morgan fingerprint density at radius 3 is 2.18 bits per heavy atom. The van der Waals surface area contributed by atoms with Crippen LogP contribution in [-0.4, -0.2) is 15.7 Å². The van der Waals surface area contributed by atoms with E-state index >= 15 is 0 Å². The number of nitrogens with one attached hydrogen (secondary N) is 2. The van der Waals surface area contributed by atoms with Crippen LogP contribution in [0.5, 0.6) is 0 Å². The molecule has 1 aromatic heterocycles. The summed E-state index contributed by atoms with van der Waals surface area (Å²) in [7, 11) is 0. The Bertz CT molecular complexity index is 1070. The van der Waals surface area contributed by atoms with E-state index in [1.807, 2.05) is 91.9 Å². The minimum atomic E-state index is -0.249. The molecule has 1 amide bonds. The first kappa shape index (κ1) is 17.5. The van der Waals surface area contributed by atoms with Gasteiger partial charge in [-0.05, 0) is 31.2 Å². The molecule has 0 atom stereocenters. The standard InChI is InChI=1S/C23H20N4O/c1-17-12-14-20(15-13-17)27-16-21(22(26-27)18-8-4-2-5-9-18)23(28)25-24-19-10-6-3-7-11-19/h2-16,24H,1H3,(H,25,28). The van der Waals surface area contributed by atoms with Crippen LogP contribution in [0.4, 0.5) is 5.69 Å². The molecule has 0 fully saturated rings. The molecular weight excluding hydrogens is 348 g/mol. The third kappa shape index (κ3) is 3.78. The number of anilines is 1. The number of benzene rings is 3. The van der Waals surface area contributed by atoms with E-state index in [-0.39, 0.29) is 5.91 Å². The summed E-state index contributed by atoms with van der Waals surface area (Å²) in [6.07, 6.45) is 1.76. The van der Waals surface area contributed by atoms with Crippen LogP contribution in [-0.2, 0) is 0 Å². The molecule has 138 valence electrons. The molecule has 0 unspecified atom stereocenters. The Balaban J connectivity index is 1.68. The van der Waals surface area contributed by atoms with E-state index in [0.717, 1.165) is 16.9 Å². The smallest absolute Gasteiger partial charge is 0.273 e. The highest BCUT2D eigenvalue weighted by Crippen LogP contribution is 2.24. The van der Waals surface area contributed by atoms with Crippen molar-refractivity contribution in [1.82, 2.24) is 15.2 Å². The van der Waals surface area contributed by atoms with E-state index < -0.39 is 0 Å². The van der Waals surface area contributed by atoms with Crippen molar-refractivity contribution in [3.05, 3.63) is 102 Å². The normalized spacial score (nSPS) is 10.5. The maximum atomic E-state index is 12.9. The molecule has 0 spiro atoms. The second-order valence-corrected chi connectivity index (χ2v) is 6.48. The number of amides is 1. The van der Waals surface area contributed by atoms with E-state index in [1.54, 1.807) is 10.9 Å². The number of rotatable bonds is 5. The Morgan fingerprint density at radius 2 is 1.50 bits per heavy atom. The van der Waals surface area contributed by atoms with Crippen molar-refractivity contribution >= 4 is 11.6 Å². The number of aryl methyl sites for hydroxylation is 1. The maximum absolute atomic E-state index is 12.9. The molecule has 3 aromatic carbocycles. The van der Waals surface area contributed by atoms with Gasteiger partial charge in [-0.1, -0.05) is 66.2 Å². The molecule has 28 heavy (non-hydrogen) atoms. The van der Waals surface area contributed by atoms with Gasteiger partial charge in [0.2, 0.25) is 0 Å². The maximum Gasteiger partial charge on any atom is 0.273 e. The first-order chi connectivity index (χ1) is 13.7. The van der Waals surface area contributed by atoms with Crippen molar-refractivity contribution in [3.63, 3.8) is 0 Å². The van der Waals surface area contributed by atoms with Gasteiger partial charge in [0, 0.05) is 11.8 Å². The summed E-state index contributed by atoms with van der Waals surface area (Å²) in [5.74, 6) is -0.249. The lowest BCUT2D eigenvalue weighted by Crippen LogP contribution is -2.29. The predicted molar refractivity (Wildman–Crippen MR) is 111 cm³/mol. The van der Waals surface area contributed by atoms with Gasteiger partial charge >= 0.3 is 0 Å². The molecule has 0 aliphatic carbocycles. The van der Waals surface area contributed by atoms with E-state index in [9.17, 15) is 4.79 Å². The molecule has 0 aliphatic heterocycles. The van der Waals surface area contributed by atoms with Crippen molar-refractivity contribution in [2.45, 2.75) is 6.92 Å². The third-order valence-corrected chi connectivity index (χ3v) is 4.40. The molecule has 0 saturated heterocycles. The summed E-state index contributed by atoms with van der Waals surface area (Å²) < 4.78 is 1.74. The molecule has 0 radical (unpaired) electrons. The lowest BCUT2D eigenvalue weighted by Gasteiger charge is -2.08. The average molecular weight is 368 g/mol. The van der Waals surface area contributed by atoms with Crippen LogP contribution in [0.1, 0.15) is 15.9 Å². The summed E-state index contributed by atoms with van der Waals surface area (Å²) >= 11 is 0. The van der Waals surface area contributed by atoms with Crippen LogP contribution < -0.4 is 10.9 Å². The number of hydrazine groups is 1. The first-order valence-corrected chi connectivity index (χ1v) is 9.04. The molecule has 0 bridgehead atoms. The van der Waals surface area contributed by atoms with Gasteiger partial charge in [0.25, 0.3) is 5.91 Å². The fraction of sp³-hybridized carbons (Fsp3) is 0.0435. The predicted octanol–water partition coefficient (Wildman–Crippen LogP) is 4.60. The number of carbonyl (C=O) groups excluding carboxylic acids is 1. The summed E-state index contributed by atoms with van der Waals surface area (Å²) in [4.78, 5) is 12.9. The molecule has 4 rings (SSSR count). The molecule has 0 aliphatic rings. The van der Waals surface area contributed by atoms with Crippen molar-refractivity contribution in [3.8, 4) is 16.9 Å². The van der Waals surface area contributed by atoms with E-state index in [1.165, 1.54) is 5.56 Å². The number of hydrogen-bond acceptors (Lipinski definition) is 3. The summed E-state index contributed by atoms with van der Waals surface area (Å²) in [6.45, 7) is 2.04. The zero-order chi connectivity index (χ0) is 19.3. The fourth-order valence-electron chi connectivity index (χ4n) is 2.90. The molecule has 1 heterocycles. The molecule has 4 aromatic rings. The summed E-state index contributed by atoms with van der Waals surface area (Å²) in [5.41, 5.74) is 10.6. The topological polar surface area (TPSA) is 59.0 Å². The van der Waals surface area contributed by atoms with E-state index in [4.69, 9.17) is 0 Å². The van der Waals surface area contributed by atoms with Crippen molar-refractivity contribution in [2.75, 3.05) is 5.43 Å². The molecular formula is C23H20N4O. The minimum Gasteiger partial charge on any atom is -0.298 e. The quantitative estimate of drug-likeness (QED) is 0.506. The van der Waals surface area contributed by atoms with Crippen LogP contribution in [0.15, 0.2) is 91.1 Å². The number of nitrogens with zero attached hydrogens (tertiary/aromatic N) is 2. The van der Waals surface area contributed by atoms with Crippen LogP contribution in [0.3, 0.4) is 0 Å². The summed E-state index contributed by atoms with van der Waals surface area (Å²) in [5, 5.41) is 4.68. The number of carbonyl (C=O) groups is 1. The molecule has 0 saturated carbocycles. The second kappa shape index (κ2) is 7.80. The van der Waals surface area contributed by atoms with Crippen LogP contribution in [0.2, 0.25) is 0 Å². The zero-order valence-electron chi connectivity index (χ0n) is 15.5. The number of hydrogen-bond donors (Lipinski definition) is 2. The molecule has 5 nitrogen and oxygen atoms in total. The largest absolute Gasteiger partial charge is 0.298 e. The SMILES string of the molecule is Cc1ccc(-n2cc(C(=O)NNc3ccccc3)c(-c3ccccc3)n2)cc1. The second-order valence-electron chi connectivity index (χ2n) is 6.48. The van der Waals surface area contributed by atoms with Gasteiger partial charge in [0.05, 0.1) is 16.9 Å². The Morgan fingerprint density at radius 1 is 0.857 bits per heavy atom. The van der Waals surface area contributed by atoms with Crippen molar-refractivity contribution in [1.29, 1.82) is 0 Å². The van der Waals surface area contributed by atoms with Gasteiger partial charge in [-0.25, -0.2) is 4.68 Å². The van der Waals surface area contributed by atoms with E-state index in [2.05, 4.69) is 16.0 Å². The van der Waals surface area contributed by atoms with Gasteiger partial charge < -0.3 is 0 Å². The van der Waals surface area contributed by atoms with Gasteiger partial charge in [-0.15, -0.1) is 0 Å². The highest BCUT2D eigenvalue weighted by atomic mass is 16.2. The van der Waals surface area contributed by atoms with Gasteiger partial charge in [-0.2, -0.15) is 5.10 Å². The van der Waals surface area contributed by atoms with Gasteiger partial charge in [0.15, 0.2) is 0 Å². The van der Waals surface area contributed by atoms with Crippen LogP contribution in [0, 0.1) is 6.92 Å². The average Bonchev–Trinajstić information content (AvgIpc) is 3.19. The molecule has 5 heteroatoms. The summed E-state index contributed by atoms with van der Waals surface area (Å²) in [6, 6.07) is 27.2. The molecule has 2 N–H and O–H groups in total. The van der Waals surface area contributed by atoms with Crippen LogP contribution in [0.25, 0.3) is 16.9 Å². The lowest BCUT2D eigenvalue weighted by atomic mass is 10.1.